The molecule has 14 rings (SSSR count). The number of nitro groups is 2. The number of ether oxygens (including phenoxy) is 6. The molecule has 7 aromatic rings. The van der Waals surface area contributed by atoms with Crippen molar-refractivity contribution in [1.29, 1.82) is 0 Å². The first-order valence-electron chi connectivity index (χ1n) is 48.5. The average Bonchev–Trinajstić information content (AvgIpc) is 1.49. The van der Waals surface area contributed by atoms with E-state index in [1.807, 2.05) is 225 Å². The third kappa shape index (κ3) is 36.9. The molecule has 7 aliphatic rings. The van der Waals surface area contributed by atoms with E-state index in [4.69, 9.17) is 54.3 Å². The Morgan fingerprint density at radius 3 is 1.23 bits per heavy atom. The van der Waals surface area contributed by atoms with Gasteiger partial charge < -0.3 is 98.4 Å². The molecule has 1 fully saturated rings. The first kappa shape index (κ1) is 118. The molecule has 0 aliphatic carbocycles. The first-order valence-corrected chi connectivity index (χ1v) is 49.3. The summed E-state index contributed by atoms with van der Waals surface area (Å²) in [6.45, 7) is 45.9. The first-order chi connectivity index (χ1) is 67.7. The second kappa shape index (κ2) is 50.1. The van der Waals surface area contributed by atoms with E-state index in [1.165, 1.54) is 42.6 Å². The molecule has 1 saturated heterocycles. The number of ketones is 2. The Morgan fingerprint density at radius 1 is 0.418 bits per heavy atom. The molecule has 0 atom stereocenters. The van der Waals surface area contributed by atoms with Gasteiger partial charge in [-0.1, -0.05) is 32.0 Å². The summed E-state index contributed by atoms with van der Waals surface area (Å²) in [5.41, 5.74) is 22.5. The molecule has 0 spiro atoms. The van der Waals surface area contributed by atoms with Crippen LogP contribution in [0.25, 0.3) is 0 Å². The largest absolute Gasteiger partial charge is 0.496 e. The molecule has 0 aromatic heterocycles. The second-order valence-electron chi connectivity index (χ2n) is 43.5. The number of nitrogens with one attached hydrogen (secondary N) is 3. The van der Waals surface area contributed by atoms with Crippen LogP contribution in [0.4, 0.5) is 107 Å². The summed E-state index contributed by atoms with van der Waals surface area (Å²) in [5, 5.41) is 37.6. The van der Waals surface area contributed by atoms with E-state index in [9.17, 15) is 67.8 Å². The third-order valence-electron chi connectivity index (χ3n) is 22.9. The van der Waals surface area contributed by atoms with Crippen molar-refractivity contribution >= 4 is 157 Å². The van der Waals surface area contributed by atoms with Gasteiger partial charge in [0.15, 0.2) is 11.6 Å². The van der Waals surface area contributed by atoms with Gasteiger partial charge in [-0.2, -0.15) is 0 Å². The summed E-state index contributed by atoms with van der Waals surface area (Å²) in [5.74, 6) is -2.27. The number of carboxylic acid groups (broad SMARTS) is 1. The summed E-state index contributed by atoms with van der Waals surface area (Å²) in [6.07, 6.45) is 4.06. The number of nitrogen functional groups attached to an aromatic ring is 2. The van der Waals surface area contributed by atoms with Gasteiger partial charge in [0.25, 0.3) is 11.4 Å². The number of hydrogen-bond acceptors (Lipinski definition) is 29. The van der Waals surface area contributed by atoms with Crippen LogP contribution in [-0.4, -0.2) is 239 Å². The van der Waals surface area contributed by atoms with Crippen LogP contribution in [0.3, 0.4) is 0 Å². The molecule has 38 nitrogen and oxygen atoms in total. The van der Waals surface area contributed by atoms with Crippen LogP contribution in [0.5, 0.6) is 0 Å². The zero-order valence-electron chi connectivity index (χ0n) is 89.2. The number of amides is 6. The lowest BCUT2D eigenvalue weighted by Gasteiger charge is -2.34. The molecule has 41 heteroatoms. The van der Waals surface area contributed by atoms with Crippen LogP contribution in [0.1, 0.15) is 230 Å². The van der Waals surface area contributed by atoms with Crippen LogP contribution in [0.2, 0.25) is 0 Å². The van der Waals surface area contributed by atoms with E-state index >= 15 is 0 Å². The quantitative estimate of drug-likeness (QED) is 0.0284. The Balaban J connectivity index is 0.000000215. The number of non-ortho nitro benzene ring substituents is 2. The van der Waals surface area contributed by atoms with Crippen LogP contribution in [-0.2, 0) is 63.8 Å². The molecule has 0 bridgehead atoms. The highest BCUT2D eigenvalue weighted by atomic mass is 79.9. The minimum Gasteiger partial charge on any atom is -0.478 e. The zero-order chi connectivity index (χ0) is 109. The van der Waals surface area contributed by atoms with Crippen LogP contribution in [0.15, 0.2) is 120 Å². The van der Waals surface area contributed by atoms with Crippen molar-refractivity contribution in [2.24, 2.45) is 5.41 Å². The zero-order valence-corrected chi connectivity index (χ0v) is 90.8. The van der Waals surface area contributed by atoms with E-state index < -0.39 is 91.9 Å². The van der Waals surface area contributed by atoms with Gasteiger partial charge in [-0.25, -0.2) is 38.0 Å². The predicted octanol–water partition coefficient (Wildman–Crippen LogP) is 20.4. The van der Waals surface area contributed by atoms with Crippen LogP contribution in [0, 0.1) is 31.5 Å². The number of aryl methyl sites for hydroxylation is 1. The normalized spacial score (nSPS) is 15.6. The number of nitrogens with zero attached hydrogens (tertiary/aromatic N) is 11. The number of anilines is 11. The van der Waals surface area contributed by atoms with E-state index in [1.54, 1.807) is 26.8 Å². The Hall–Kier alpha value is -13.4. The number of rotatable bonds is 7. The Labute approximate surface area is 864 Å². The van der Waals surface area contributed by atoms with Gasteiger partial charge in [-0.3, -0.25) is 45.8 Å². The fourth-order valence-corrected chi connectivity index (χ4v) is 16.3. The number of carbonyl (C=O) groups excluding carboxylic acids is 8. The number of carboxylic acids is 1. The van der Waals surface area contributed by atoms with Gasteiger partial charge in [0.05, 0.1) is 52.5 Å². The molecule has 7 aromatic carbocycles. The van der Waals surface area contributed by atoms with Gasteiger partial charge in [-0.15, -0.1) is 0 Å². The van der Waals surface area contributed by atoms with Crippen LogP contribution < -0.4 is 62.3 Å². The van der Waals surface area contributed by atoms with Gasteiger partial charge in [0.1, 0.15) is 39.4 Å². The van der Waals surface area contributed by atoms with Crippen molar-refractivity contribution in [1.82, 2.24) is 14.7 Å². The maximum Gasteiger partial charge on any atom is 0.496 e. The summed E-state index contributed by atoms with van der Waals surface area (Å²) < 4.78 is 58.4. The number of nitro benzene ring substituents is 2. The van der Waals surface area contributed by atoms with Crippen molar-refractivity contribution in [3.8, 4) is 0 Å². The number of Topliss-reactive ketones (excluding diaryl/α,β-unsaturated/α-hetero) is 2. The minimum absolute atomic E-state index is 0.0281. The number of halogens is 2. The Kier molecular flexibility index (Phi) is 40.4. The van der Waals surface area contributed by atoms with E-state index in [0.29, 0.717) is 130 Å². The molecule has 0 saturated carbocycles. The maximum atomic E-state index is 12.8. The highest BCUT2D eigenvalue weighted by molar-refractivity contribution is 9.10. The summed E-state index contributed by atoms with van der Waals surface area (Å²) in [6, 6.07) is 31.8. The van der Waals surface area contributed by atoms with Crippen LogP contribution >= 0.6 is 15.9 Å². The number of hydrogen-bond donors (Lipinski definition) is 6. The lowest BCUT2D eigenvalue weighted by molar-refractivity contribution is -0.385. The molecule has 7 aliphatic heterocycles. The maximum absolute atomic E-state index is 12.8. The number of benzene rings is 7. The fraction of sp³-hybridized carbons (Fsp3) is 0.514. The predicted molar refractivity (Wildman–Crippen MR) is 572 cm³/mol. The summed E-state index contributed by atoms with van der Waals surface area (Å²) >= 11 is 3.51. The summed E-state index contributed by atoms with van der Waals surface area (Å²) in [4.78, 5) is 145. The molecule has 8 N–H and O–H groups in total. The molecule has 796 valence electrons. The summed E-state index contributed by atoms with van der Waals surface area (Å²) in [7, 11) is 11.2. The monoisotopic (exact) mass is 2090 g/mol. The van der Waals surface area contributed by atoms with Crippen molar-refractivity contribution in [2.75, 3.05) is 171 Å². The van der Waals surface area contributed by atoms with Crippen molar-refractivity contribution < 1.29 is 100 Å². The Bertz CT molecular complexity index is 5840. The van der Waals surface area contributed by atoms with E-state index in [-0.39, 0.29) is 40.9 Å². The van der Waals surface area contributed by atoms with Gasteiger partial charge in [-0.05, 0) is 268 Å². The number of aromatic carboxylic acids is 1. The smallest absolute Gasteiger partial charge is 0.478 e. The number of fused-ring (bicyclic) bond motifs is 6. The number of carbonyl (C=O) groups is 9. The topological polar surface area (TPSA) is 451 Å². The van der Waals surface area contributed by atoms with Crippen molar-refractivity contribution in [3.63, 3.8) is 0 Å². The highest BCUT2D eigenvalue weighted by Gasteiger charge is 2.39. The molecule has 146 heavy (non-hydrogen) atoms. The second-order valence-corrected chi connectivity index (χ2v) is 44.3. The van der Waals surface area contributed by atoms with Crippen molar-refractivity contribution in [3.05, 3.63) is 185 Å². The third-order valence-corrected chi connectivity index (χ3v) is 23.5. The molecule has 7 heterocycles. The van der Waals surface area contributed by atoms with Gasteiger partial charge in [0, 0.05) is 223 Å². The molecule has 6 amide bonds. The van der Waals surface area contributed by atoms with Crippen molar-refractivity contribution in [2.45, 2.75) is 237 Å². The minimum atomic E-state index is -1.45. The average molecular weight is 2100 g/mol. The SMILES string of the molecule is CN1CCCC(=O)c2ccc(N)cc21.CN1CCCC(=O)c2ccc([N+](=O)[O-])cc21.CN1CCCCc2ccc(N)cc21.CN1CCN(C(=O)OC(C)(C)C)Cc2cc(B3OCC(C)(C)CO3)c(NC(=O)OC(C)(C)C)cc21.CN1CCN(C(=O)OC(C)(C)C)Cc2cc(Br)c(NC(=O)OC(C)(C)C)cc21.CN1CCN(C(=O)OC(C)(C)C)Cc2ccc(NC(=O)OC(C)(C)C)cc21.O=C(O)c1ccc([N+](=O)[O-])cc1F. The molecule has 0 radical (unpaired) electrons. The lowest BCUT2D eigenvalue weighted by atomic mass is 9.74. The number of likely N-dealkylation sites (N-methyl/N-ethyl adjacent to an activating group) is 3. The molecular weight excluding hydrogens is 1950 g/mol. The standard InChI is InChI=1S/C25H40BN3O6.C20H30BrN3O4.C20H31N3O4.C11H12N2O3.C11H14N2O.C11H16N2.C7H4FNO4/c1-23(2,3)34-21(30)27-19-13-20-17(12-18(19)26-32-15-25(7,8)16-33-26)14-29(11-10-28(20)9)22(31)35-24(4,5)6;1-19(2,3)27-17(25)22-15-11-16-13(10-14(15)21)12-24(9-8-23(16)7)18(26)28-20(4,5)6;1-19(2,3)26-17(24)21-15-9-8-14-13-23(18(25)27-20(4,5)6)11-10-22(7)16(14)12-15;1-12-6-2-3-11(14)9-5-4-8(13(15)16)7-10(9)12;1-13-6-2-3-11(14)9-5-4-8(12)7-10(9)13;1-13-7-3-2-4-9-5-6-10(12)8-11(9)13;8-6-3-4(9(12)13)1-2-5(6)7(10)11/h12-13H,10-11,14-16H2,1-9H3,(H,27,30);10-11H,8-9,12H2,1-7H3,(H,22,25);8-9,12H,10-11,13H2,1-7H3,(H,21,24);4-5,7H,2-3,6H2,1H3;4-5,7H,2-3,6,12H2,1H3;5-6,8H,2-4,7,12H2,1H3;1-3H,(H,10,11). The van der Waals surface area contributed by atoms with E-state index in [0.717, 1.165) is 99.8 Å². The Morgan fingerprint density at radius 2 is 0.781 bits per heavy atom. The highest BCUT2D eigenvalue weighted by Crippen LogP contribution is 2.39. The number of nitrogens with two attached hydrogens (primary N) is 2. The van der Waals surface area contributed by atoms with E-state index in [2.05, 4.69) is 89.4 Å². The molecule has 0 unspecified atom stereocenters. The van der Waals surface area contributed by atoms with Gasteiger partial charge in [0.2, 0.25) is 0 Å². The van der Waals surface area contributed by atoms with Gasteiger partial charge >= 0.3 is 49.6 Å². The fourth-order valence-electron chi connectivity index (χ4n) is 15.8. The lowest BCUT2D eigenvalue weighted by Crippen LogP contribution is -2.48. The molecular formula is C105H147BBrFN16O22.